The highest BCUT2D eigenvalue weighted by Crippen LogP contribution is 2.22. The lowest BCUT2D eigenvalue weighted by Crippen LogP contribution is -2.29. The van der Waals surface area contributed by atoms with Crippen LogP contribution in [-0.4, -0.2) is 46.8 Å². The van der Waals surface area contributed by atoms with Crippen LogP contribution in [0.25, 0.3) is 0 Å². The largest absolute Gasteiger partial charge is 0.468 e. The Morgan fingerprint density at radius 2 is 2.35 bits per heavy atom. The first-order valence-corrected chi connectivity index (χ1v) is 8.96. The minimum absolute atomic E-state index is 0.240. The highest BCUT2D eigenvalue weighted by atomic mass is 16.5. The van der Waals surface area contributed by atoms with E-state index in [1.807, 2.05) is 38.2 Å². The van der Waals surface area contributed by atoms with Crippen LogP contribution in [-0.2, 0) is 0 Å². The van der Waals surface area contributed by atoms with Gasteiger partial charge >= 0.3 is 0 Å². The molecule has 1 aliphatic rings. The quantitative estimate of drug-likeness (QED) is 0.727. The Bertz CT molecular complexity index is 718. The van der Waals surface area contributed by atoms with Gasteiger partial charge in [0.25, 0.3) is 0 Å². The van der Waals surface area contributed by atoms with Gasteiger partial charge in [-0.3, -0.25) is 0 Å². The summed E-state index contributed by atoms with van der Waals surface area (Å²) in [7, 11) is 0. The van der Waals surface area contributed by atoms with Gasteiger partial charge < -0.3 is 14.7 Å². The van der Waals surface area contributed by atoms with E-state index in [1.54, 1.807) is 12.1 Å². The molecule has 0 bridgehead atoms. The number of rotatable bonds is 8. The molecule has 0 aromatic carbocycles. The first-order chi connectivity index (χ1) is 12.5. The van der Waals surface area contributed by atoms with Gasteiger partial charge in [-0.1, -0.05) is 30.9 Å². The van der Waals surface area contributed by atoms with Crippen LogP contribution >= 0.6 is 0 Å². The highest BCUT2D eigenvalue weighted by Gasteiger charge is 2.23. The summed E-state index contributed by atoms with van der Waals surface area (Å²) < 4.78 is 6.10. The summed E-state index contributed by atoms with van der Waals surface area (Å²) in [5.41, 5.74) is 2.05. The van der Waals surface area contributed by atoms with E-state index in [2.05, 4.69) is 22.5 Å². The standard InChI is InChI=1S/C21H27N3O2/c1-4-5-6-7-16(2)20(11-13-24-12-10-19(25)15-24)26-21-18(14-22)9-8-17(3)23-21/h4-9,19-20,25H,2,10-13,15H2,1,3H3/b5-4-,7-6-/t19-,20-/m1/s1. The number of allylic oxidation sites excluding steroid dienone is 3. The first kappa shape index (κ1) is 19.9. The minimum Gasteiger partial charge on any atom is -0.468 e. The SMILES string of the molecule is C=C(/C=C\C=C/C)[C@@H](CCN1CC[C@@H](O)C1)Oc1nc(C)ccc1C#N. The third-order valence-corrected chi connectivity index (χ3v) is 4.36. The lowest BCUT2D eigenvalue weighted by atomic mass is 10.1. The smallest absolute Gasteiger partial charge is 0.232 e. The highest BCUT2D eigenvalue weighted by molar-refractivity contribution is 5.39. The number of nitrogens with zero attached hydrogens (tertiary/aromatic N) is 3. The van der Waals surface area contributed by atoms with Crippen molar-refractivity contribution in [1.82, 2.24) is 9.88 Å². The van der Waals surface area contributed by atoms with Gasteiger partial charge in [-0.05, 0) is 38.0 Å². The Labute approximate surface area is 155 Å². The van der Waals surface area contributed by atoms with Gasteiger partial charge in [0.2, 0.25) is 5.88 Å². The predicted octanol–water partition coefficient (Wildman–Crippen LogP) is 3.15. The molecule has 26 heavy (non-hydrogen) atoms. The van der Waals surface area contributed by atoms with E-state index in [0.29, 0.717) is 24.4 Å². The van der Waals surface area contributed by atoms with Crippen molar-refractivity contribution in [3.8, 4) is 11.9 Å². The molecule has 1 fully saturated rings. The molecular weight excluding hydrogens is 326 g/mol. The molecule has 1 saturated heterocycles. The fourth-order valence-electron chi connectivity index (χ4n) is 2.88. The molecule has 1 aliphatic heterocycles. The number of aliphatic hydroxyl groups is 1. The molecule has 0 aliphatic carbocycles. The fourth-order valence-corrected chi connectivity index (χ4v) is 2.88. The second-order valence-electron chi connectivity index (χ2n) is 6.52. The molecular formula is C21H27N3O2. The zero-order valence-electron chi connectivity index (χ0n) is 15.6. The summed E-state index contributed by atoms with van der Waals surface area (Å²) in [5.74, 6) is 0.347. The van der Waals surface area contributed by atoms with Crippen LogP contribution in [0.15, 0.2) is 48.6 Å². The third kappa shape index (κ3) is 5.83. The van der Waals surface area contributed by atoms with Gasteiger partial charge in [-0.2, -0.15) is 5.26 Å². The maximum Gasteiger partial charge on any atom is 0.232 e. The number of aryl methyl sites for hydroxylation is 1. The lowest BCUT2D eigenvalue weighted by molar-refractivity contribution is 0.163. The van der Waals surface area contributed by atoms with E-state index in [9.17, 15) is 10.4 Å². The Kier molecular flexibility index (Phi) is 7.58. The first-order valence-electron chi connectivity index (χ1n) is 8.96. The maximum absolute atomic E-state index is 9.70. The number of hydrogen-bond donors (Lipinski definition) is 1. The van der Waals surface area contributed by atoms with Crippen molar-refractivity contribution in [2.45, 2.75) is 38.9 Å². The number of likely N-dealkylation sites (tertiary alicyclic amines) is 1. The zero-order chi connectivity index (χ0) is 18.9. The molecule has 0 unspecified atom stereocenters. The molecule has 0 radical (unpaired) electrons. The third-order valence-electron chi connectivity index (χ3n) is 4.36. The van der Waals surface area contributed by atoms with Crippen LogP contribution in [0.4, 0.5) is 0 Å². The second kappa shape index (κ2) is 9.91. The molecule has 0 saturated carbocycles. The van der Waals surface area contributed by atoms with E-state index in [4.69, 9.17) is 4.74 Å². The summed E-state index contributed by atoms with van der Waals surface area (Å²) in [6, 6.07) is 5.66. The average molecular weight is 353 g/mol. The molecule has 2 rings (SSSR count). The van der Waals surface area contributed by atoms with Crippen LogP contribution in [0.3, 0.4) is 0 Å². The van der Waals surface area contributed by atoms with Crippen molar-refractivity contribution in [2.24, 2.45) is 0 Å². The monoisotopic (exact) mass is 353 g/mol. The predicted molar refractivity (Wildman–Crippen MR) is 103 cm³/mol. The van der Waals surface area contributed by atoms with E-state index in [-0.39, 0.29) is 12.2 Å². The van der Waals surface area contributed by atoms with E-state index in [1.165, 1.54) is 0 Å². The zero-order valence-corrected chi connectivity index (χ0v) is 15.6. The van der Waals surface area contributed by atoms with Crippen molar-refractivity contribution in [3.05, 3.63) is 59.8 Å². The van der Waals surface area contributed by atoms with Gasteiger partial charge in [0.1, 0.15) is 17.7 Å². The number of pyridine rings is 1. The summed E-state index contributed by atoms with van der Waals surface area (Å²) >= 11 is 0. The molecule has 5 nitrogen and oxygen atoms in total. The molecule has 0 amide bonds. The number of β-amino-alcohol motifs (C(OH)–C–C–N with tert-alkyl or cyclic N) is 1. The number of aliphatic hydroxyl groups excluding tert-OH is 1. The molecule has 138 valence electrons. The van der Waals surface area contributed by atoms with Gasteiger partial charge in [0.05, 0.1) is 6.10 Å². The Morgan fingerprint density at radius 3 is 3.00 bits per heavy atom. The summed E-state index contributed by atoms with van der Waals surface area (Å²) in [6.07, 6.45) is 8.73. The van der Waals surface area contributed by atoms with Crippen LogP contribution in [0.1, 0.15) is 31.0 Å². The van der Waals surface area contributed by atoms with Gasteiger partial charge in [-0.15, -0.1) is 0 Å². The normalized spacial score (nSPS) is 19.1. The molecule has 2 atom stereocenters. The summed E-state index contributed by atoms with van der Waals surface area (Å²) in [5, 5.41) is 19.0. The molecule has 1 aromatic heterocycles. The van der Waals surface area contributed by atoms with Crippen molar-refractivity contribution < 1.29 is 9.84 Å². The number of aromatic nitrogens is 1. The topological polar surface area (TPSA) is 69.4 Å². The lowest BCUT2D eigenvalue weighted by Gasteiger charge is -2.23. The summed E-state index contributed by atoms with van der Waals surface area (Å²) in [4.78, 5) is 6.60. The van der Waals surface area contributed by atoms with Crippen LogP contribution in [0.5, 0.6) is 5.88 Å². The number of hydrogen-bond acceptors (Lipinski definition) is 5. The van der Waals surface area contributed by atoms with E-state index >= 15 is 0 Å². The van der Waals surface area contributed by atoms with Gasteiger partial charge in [0, 0.05) is 31.7 Å². The van der Waals surface area contributed by atoms with Crippen LogP contribution in [0.2, 0.25) is 0 Å². The van der Waals surface area contributed by atoms with Crippen LogP contribution in [0, 0.1) is 18.3 Å². The second-order valence-corrected chi connectivity index (χ2v) is 6.52. The van der Waals surface area contributed by atoms with Crippen molar-refractivity contribution >= 4 is 0 Å². The average Bonchev–Trinajstić information content (AvgIpc) is 3.04. The van der Waals surface area contributed by atoms with Crippen LogP contribution < -0.4 is 4.74 Å². The van der Waals surface area contributed by atoms with E-state index < -0.39 is 0 Å². The summed E-state index contributed by atoms with van der Waals surface area (Å²) in [6.45, 7) is 10.3. The number of ether oxygens (including phenoxy) is 1. The molecule has 1 aromatic rings. The number of nitriles is 1. The molecule has 5 heteroatoms. The minimum atomic E-state index is -0.282. The maximum atomic E-state index is 9.70. The van der Waals surface area contributed by atoms with Crippen molar-refractivity contribution in [3.63, 3.8) is 0 Å². The Morgan fingerprint density at radius 1 is 1.54 bits per heavy atom. The fraction of sp³-hybridized carbons (Fsp3) is 0.429. The Balaban J connectivity index is 2.13. The Hall–Kier alpha value is -2.42. The van der Waals surface area contributed by atoms with Crippen molar-refractivity contribution in [2.75, 3.05) is 19.6 Å². The van der Waals surface area contributed by atoms with Gasteiger partial charge in [-0.25, -0.2) is 4.98 Å². The molecule has 1 N–H and O–H groups in total. The van der Waals surface area contributed by atoms with E-state index in [0.717, 1.165) is 30.8 Å². The van der Waals surface area contributed by atoms with Gasteiger partial charge in [0.15, 0.2) is 0 Å². The van der Waals surface area contributed by atoms with Crippen molar-refractivity contribution in [1.29, 1.82) is 5.26 Å². The molecule has 0 spiro atoms. The molecule has 2 heterocycles.